The molecule has 13 heavy (non-hydrogen) atoms. The van der Waals surface area contributed by atoms with Gasteiger partial charge < -0.3 is 10.3 Å². The van der Waals surface area contributed by atoms with Crippen LogP contribution < -0.4 is 5.73 Å². The van der Waals surface area contributed by atoms with Crippen LogP contribution in [0.25, 0.3) is 0 Å². The smallest absolute Gasteiger partial charge is 0.223 e. The summed E-state index contributed by atoms with van der Waals surface area (Å²) in [6.45, 7) is 6.18. The van der Waals surface area contributed by atoms with Gasteiger partial charge in [0.2, 0.25) is 5.89 Å². The fraction of sp³-hybridized carbons (Fsp3) is 0.778. The van der Waals surface area contributed by atoms with Crippen LogP contribution in [-0.2, 0) is 5.54 Å². The monoisotopic (exact) mass is 181 g/mol. The van der Waals surface area contributed by atoms with E-state index in [9.17, 15) is 0 Å². The molecule has 72 valence electrons. The molecule has 0 radical (unpaired) electrons. The van der Waals surface area contributed by atoms with Gasteiger partial charge in [-0.2, -0.15) is 4.98 Å². The first-order valence-corrected chi connectivity index (χ1v) is 4.51. The zero-order chi connectivity index (χ0) is 9.69. The standard InChI is InChI=1S/C9H15N3O/c1-6-11-7(12-13-6)9(10)4-8(2,3)5-9/h4-5,10H2,1-3H3. The largest absolute Gasteiger partial charge is 0.340 e. The summed E-state index contributed by atoms with van der Waals surface area (Å²) in [6, 6.07) is 0. The molecule has 0 atom stereocenters. The van der Waals surface area contributed by atoms with Crippen molar-refractivity contribution in [3.05, 3.63) is 11.7 Å². The molecule has 1 aromatic rings. The highest BCUT2D eigenvalue weighted by Gasteiger charge is 2.50. The summed E-state index contributed by atoms with van der Waals surface area (Å²) in [4.78, 5) is 4.17. The van der Waals surface area contributed by atoms with Crippen LogP contribution in [0, 0.1) is 12.3 Å². The van der Waals surface area contributed by atoms with Crippen LogP contribution in [0.15, 0.2) is 4.52 Å². The Kier molecular flexibility index (Phi) is 1.55. The van der Waals surface area contributed by atoms with Gasteiger partial charge in [0.05, 0.1) is 5.54 Å². The molecule has 4 nitrogen and oxygen atoms in total. The van der Waals surface area contributed by atoms with Gasteiger partial charge in [0.15, 0.2) is 5.82 Å². The highest BCUT2D eigenvalue weighted by molar-refractivity contribution is 5.13. The van der Waals surface area contributed by atoms with Gasteiger partial charge in [-0.05, 0) is 18.3 Å². The maximum absolute atomic E-state index is 6.13. The molecule has 1 fully saturated rings. The molecular weight excluding hydrogens is 166 g/mol. The van der Waals surface area contributed by atoms with E-state index in [1.165, 1.54) is 0 Å². The lowest BCUT2D eigenvalue weighted by Gasteiger charge is -2.48. The third-order valence-electron chi connectivity index (χ3n) is 2.56. The van der Waals surface area contributed by atoms with Gasteiger partial charge in [-0.3, -0.25) is 0 Å². The molecule has 0 saturated heterocycles. The lowest BCUT2D eigenvalue weighted by Crippen LogP contribution is -2.53. The van der Waals surface area contributed by atoms with Gasteiger partial charge in [0.25, 0.3) is 0 Å². The first kappa shape index (κ1) is 8.69. The molecule has 0 bridgehead atoms. The zero-order valence-electron chi connectivity index (χ0n) is 8.29. The summed E-state index contributed by atoms with van der Waals surface area (Å²) in [7, 11) is 0. The van der Waals surface area contributed by atoms with Crippen LogP contribution in [0.2, 0.25) is 0 Å². The normalized spacial score (nSPS) is 24.0. The molecule has 1 heterocycles. The van der Waals surface area contributed by atoms with Crippen molar-refractivity contribution in [1.29, 1.82) is 0 Å². The van der Waals surface area contributed by atoms with E-state index in [1.54, 1.807) is 6.92 Å². The van der Waals surface area contributed by atoms with Crippen LogP contribution in [0.5, 0.6) is 0 Å². The minimum Gasteiger partial charge on any atom is -0.340 e. The van der Waals surface area contributed by atoms with Crippen molar-refractivity contribution in [2.45, 2.75) is 39.2 Å². The number of aromatic nitrogens is 2. The van der Waals surface area contributed by atoms with Crippen LogP contribution in [0.1, 0.15) is 38.4 Å². The number of nitrogens with zero attached hydrogens (tertiary/aromatic N) is 2. The summed E-state index contributed by atoms with van der Waals surface area (Å²) in [5, 5.41) is 3.86. The van der Waals surface area contributed by atoms with Crippen LogP contribution in [-0.4, -0.2) is 10.1 Å². The Morgan fingerprint density at radius 1 is 1.38 bits per heavy atom. The second-order valence-electron chi connectivity index (χ2n) is 4.81. The maximum Gasteiger partial charge on any atom is 0.223 e. The SMILES string of the molecule is Cc1nc(C2(N)CC(C)(C)C2)no1. The number of rotatable bonds is 1. The second-order valence-corrected chi connectivity index (χ2v) is 4.81. The molecule has 0 aromatic carbocycles. The summed E-state index contributed by atoms with van der Waals surface area (Å²) in [5.74, 6) is 1.24. The Morgan fingerprint density at radius 2 is 2.00 bits per heavy atom. The van der Waals surface area contributed by atoms with E-state index in [0.717, 1.165) is 12.8 Å². The Balaban J connectivity index is 2.20. The molecule has 1 saturated carbocycles. The van der Waals surface area contributed by atoms with Crippen LogP contribution in [0.4, 0.5) is 0 Å². The van der Waals surface area contributed by atoms with Crippen molar-refractivity contribution < 1.29 is 4.52 Å². The number of aryl methyl sites for hydroxylation is 1. The minimum atomic E-state index is -0.346. The summed E-state index contributed by atoms with van der Waals surface area (Å²) < 4.78 is 4.91. The first-order valence-electron chi connectivity index (χ1n) is 4.51. The summed E-state index contributed by atoms with van der Waals surface area (Å²) in [5.41, 5.74) is 6.10. The van der Waals surface area contributed by atoms with Crippen molar-refractivity contribution in [1.82, 2.24) is 10.1 Å². The van der Waals surface area contributed by atoms with Gasteiger partial charge in [0.1, 0.15) is 0 Å². The van der Waals surface area contributed by atoms with E-state index in [0.29, 0.717) is 17.1 Å². The van der Waals surface area contributed by atoms with Gasteiger partial charge in [-0.15, -0.1) is 0 Å². The Hall–Kier alpha value is -0.900. The minimum absolute atomic E-state index is 0.323. The highest BCUT2D eigenvalue weighted by Crippen LogP contribution is 2.50. The second kappa shape index (κ2) is 2.32. The predicted octanol–water partition coefficient (Wildman–Crippen LogP) is 1.35. The van der Waals surface area contributed by atoms with Crippen LogP contribution >= 0.6 is 0 Å². The molecule has 2 rings (SSSR count). The van der Waals surface area contributed by atoms with Crippen molar-refractivity contribution in [2.75, 3.05) is 0 Å². The zero-order valence-corrected chi connectivity index (χ0v) is 8.29. The molecule has 1 aliphatic rings. The first-order chi connectivity index (χ1) is 5.91. The van der Waals surface area contributed by atoms with Crippen molar-refractivity contribution in [3.63, 3.8) is 0 Å². The quantitative estimate of drug-likeness (QED) is 0.710. The third kappa shape index (κ3) is 1.35. The summed E-state index contributed by atoms with van der Waals surface area (Å²) >= 11 is 0. The number of hydrogen-bond acceptors (Lipinski definition) is 4. The molecule has 1 aromatic heterocycles. The summed E-state index contributed by atoms with van der Waals surface area (Å²) in [6.07, 6.45) is 1.86. The molecule has 1 aliphatic carbocycles. The molecule has 0 unspecified atom stereocenters. The molecule has 0 amide bonds. The van der Waals surface area contributed by atoms with E-state index in [-0.39, 0.29) is 5.54 Å². The molecule has 0 spiro atoms. The lowest BCUT2D eigenvalue weighted by molar-refractivity contribution is 0.0530. The van der Waals surface area contributed by atoms with E-state index >= 15 is 0 Å². The molecule has 0 aliphatic heterocycles. The fourth-order valence-corrected chi connectivity index (χ4v) is 2.32. The maximum atomic E-state index is 6.13. The van der Waals surface area contributed by atoms with Gasteiger partial charge in [-0.1, -0.05) is 19.0 Å². The lowest BCUT2D eigenvalue weighted by atomic mass is 9.59. The molecular formula is C9H15N3O. The predicted molar refractivity (Wildman–Crippen MR) is 47.9 cm³/mol. The highest BCUT2D eigenvalue weighted by atomic mass is 16.5. The third-order valence-corrected chi connectivity index (χ3v) is 2.56. The van der Waals surface area contributed by atoms with Crippen LogP contribution in [0.3, 0.4) is 0 Å². The Bertz CT molecular complexity index is 321. The van der Waals surface area contributed by atoms with Crippen molar-refractivity contribution in [2.24, 2.45) is 11.1 Å². The number of hydrogen-bond donors (Lipinski definition) is 1. The van der Waals surface area contributed by atoms with E-state index in [1.807, 2.05) is 0 Å². The molecule has 4 heteroatoms. The average Bonchev–Trinajstić information content (AvgIpc) is 2.31. The van der Waals surface area contributed by atoms with Crippen molar-refractivity contribution >= 4 is 0 Å². The van der Waals surface area contributed by atoms with Gasteiger partial charge >= 0.3 is 0 Å². The van der Waals surface area contributed by atoms with E-state index in [4.69, 9.17) is 10.3 Å². The van der Waals surface area contributed by atoms with Gasteiger partial charge in [0, 0.05) is 6.92 Å². The topological polar surface area (TPSA) is 64.9 Å². The van der Waals surface area contributed by atoms with Gasteiger partial charge in [-0.25, -0.2) is 0 Å². The number of nitrogens with two attached hydrogens (primary N) is 1. The average molecular weight is 181 g/mol. The molecule has 2 N–H and O–H groups in total. The Labute approximate surface area is 77.5 Å². The Morgan fingerprint density at radius 3 is 2.38 bits per heavy atom. The van der Waals surface area contributed by atoms with E-state index < -0.39 is 0 Å². The van der Waals surface area contributed by atoms with Crippen molar-refractivity contribution in [3.8, 4) is 0 Å². The van der Waals surface area contributed by atoms with E-state index in [2.05, 4.69) is 24.0 Å². The fourth-order valence-electron chi connectivity index (χ4n) is 2.32.